The minimum absolute atomic E-state index is 0.337. The van der Waals surface area contributed by atoms with Gasteiger partial charge in [0.2, 0.25) is 11.8 Å². The Morgan fingerprint density at radius 2 is 1.83 bits per heavy atom. The second-order valence-corrected chi connectivity index (χ2v) is 6.08. The molecule has 0 unspecified atom stereocenters. The zero-order valence-corrected chi connectivity index (χ0v) is 13.9. The fourth-order valence-electron chi connectivity index (χ4n) is 2.16. The molecule has 122 valence electrons. The number of carbonyl (C=O) groups excluding carboxylic acids is 1. The number of aromatic nitrogens is 1. The van der Waals surface area contributed by atoms with Crippen molar-refractivity contribution in [2.75, 3.05) is 7.11 Å². The Labute approximate surface area is 143 Å². The van der Waals surface area contributed by atoms with Gasteiger partial charge < -0.3 is 15.2 Å². The number of hydrogen-bond donors (Lipinski definition) is 1. The number of primary amides is 1. The van der Waals surface area contributed by atoms with Gasteiger partial charge in [0.1, 0.15) is 22.2 Å². The lowest BCUT2D eigenvalue weighted by Crippen LogP contribution is -2.10. The highest BCUT2D eigenvalue weighted by Crippen LogP contribution is 2.33. The average Bonchev–Trinajstić information content (AvgIpc) is 3.04. The number of nitrogens with two attached hydrogens (primary N) is 1. The van der Waals surface area contributed by atoms with Gasteiger partial charge in [0.25, 0.3) is 0 Å². The summed E-state index contributed by atoms with van der Waals surface area (Å²) < 4.78 is 11.1. The number of nitrogens with zero attached hydrogens (tertiary/aromatic N) is 1. The third-order valence-electron chi connectivity index (χ3n) is 3.38. The van der Waals surface area contributed by atoms with Crippen LogP contribution in [0.5, 0.6) is 11.6 Å². The van der Waals surface area contributed by atoms with Gasteiger partial charge in [-0.2, -0.15) is 0 Å². The van der Waals surface area contributed by atoms with Crippen molar-refractivity contribution in [3.8, 4) is 22.2 Å². The van der Waals surface area contributed by atoms with Crippen LogP contribution in [0.25, 0.3) is 10.6 Å². The summed E-state index contributed by atoms with van der Waals surface area (Å²) >= 11 is 1.53. The lowest BCUT2D eigenvalue weighted by atomic mass is 10.2. The second-order valence-electron chi connectivity index (χ2n) is 4.99. The standard InChI is InChI=1S/C18H16N2O3S/c1-22-17-15(24-18(20-17)13-5-3-2-4-6-13)11-23-14-9-7-12(8-10-14)16(19)21/h2-10H,11H2,1H3,(H2,19,21). The molecule has 0 radical (unpaired) electrons. The van der Waals surface area contributed by atoms with Gasteiger partial charge in [-0.15, -0.1) is 11.3 Å². The molecule has 0 aliphatic carbocycles. The van der Waals surface area contributed by atoms with Gasteiger partial charge in [-0.3, -0.25) is 4.79 Å². The van der Waals surface area contributed by atoms with E-state index in [2.05, 4.69) is 4.98 Å². The first-order valence-corrected chi connectivity index (χ1v) is 8.11. The van der Waals surface area contributed by atoms with Gasteiger partial charge in [0.05, 0.1) is 7.11 Å². The Morgan fingerprint density at radius 3 is 2.46 bits per heavy atom. The van der Waals surface area contributed by atoms with Crippen LogP contribution in [0, 0.1) is 0 Å². The molecule has 24 heavy (non-hydrogen) atoms. The molecule has 1 amide bonds. The van der Waals surface area contributed by atoms with Gasteiger partial charge in [0.15, 0.2) is 0 Å². The van der Waals surface area contributed by atoms with Crippen molar-refractivity contribution in [2.24, 2.45) is 5.73 Å². The predicted molar refractivity (Wildman–Crippen MR) is 93.4 cm³/mol. The zero-order valence-electron chi connectivity index (χ0n) is 13.1. The highest BCUT2D eigenvalue weighted by atomic mass is 32.1. The van der Waals surface area contributed by atoms with E-state index in [1.165, 1.54) is 11.3 Å². The Hall–Kier alpha value is -2.86. The molecule has 0 saturated carbocycles. The van der Waals surface area contributed by atoms with E-state index in [1.54, 1.807) is 31.4 Å². The first-order valence-electron chi connectivity index (χ1n) is 7.29. The van der Waals surface area contributed by atoms with E-state index in [9.17, 15) is 4.79 Å². The molecule has 3 rings (SSSR count). The van der Waals surface area contributed by atoms with Crippen molar-refractivity contribution in [2.45, 2.75) is 6.61 Å². The molecule has 5 nitrogen and oxygen atoms in total. The molecule has 2 aromatic carbocycles. The van der Waals surface area contributed by atoms with Crippen molar-refractivity contribution < 1.29 is 14.3 Å². The average molecular weight is 340 g/mol. The van der Waals surface area contributed by atoms with E-state index in [1.807, 2.05) is 30.3 Å². The topological polar surface area (TPSA) is 74.4 Å². The summed E-state index contributed by atoms with van der Waals surface area (Å²) in [5, 5.41) is 0.884. The molecule has 0 aliphatic rings. The Bertz CT molecular complexity index is 829. The highest BCUT2D eigenvalue weighted by molar-refractivity contribution is 7.15. The van der Waals surface area contributed by atoms with E-state index >= 15 is 0 Å². The summed E-state index contributed by atoms with van der Waals surface area (Å²) in [6.07, 6.45) is 0. The van der Waals surface area contributed by atoms with Crippen LogP contribution in [0.1, 0.15) is 15.2 Å². The maximum Gasteiger partial charge on any atom is 0.248 e. The molecule has 3 aromatic rings. The molecule has 2 N–H and O–H groups in total. The van der Waals surface area contributed by atoms with Crippen LogP contribution in [0.15, 0.2) is 54.6 Å². The van der Waals surface area contributed by atoms with Gasteiger partial charge in [0, 0.05) is 11.1 Å². The minimum atomic E-state index is -0.460. The van der Waals surface area contributed by atoms with Crippen LogP contribution in [-0.4, -0.2) is 18.0 Å². The summed E-state index contributed by atoms with van der Waals surface area (Å²) in [5.41, 5.74) is 6.71. The minimum Gasteiger partial charge on any atom is -0.488 e. The molecule has 0 saturated heterocycles. The number of carbonyl (C=O) groups is 1. The van der Waals surface area contributed by atoms with Crippen LogP contribution in [-0.2, 0) is 6.61 Å². The van der Waals surface area contributed by atoms with Gasteiger partial charge in [-0.1, -0.05) is 30.3 Å². The number of amides is 1. The highest BCUT2D eigenvalue weighted by Gasteiger charge is 2.14. The fraction of sp³-hybridized carbons (Fsp3) is 0.111. The van der Waals surface area contributed by atoms with Crippen molar-refractivity contribution in [1.82, 2.24) is 4.98 Å². The third-order valence-corrected chi connectivity index (χ3v) is 4.44. The third kappa shape index (κ3) is 3.55. The van der Waals surface area contributed by atoms with Crippen molar-refractivity contribution >= 4 is 17.2 Å². The van der Waals surface area contributed by atoms with Crippen molar-refractivity contribution in [3.05, 3.63) is 65.0 Å². The van der Waals surface area contributed by atoms with Crippen molar-refractivity contribution in [1.29, 1.82) is 0 Å². The van der Waals surface area contributed by atoms with Crippen LogP contribution in [0.4, 0.5) is 0 Å². The lowest BCUT2D eigenvalue weighted by molar-refractivity contribution is 0.100. The van der Waals surface area contributed by atoms with E-state index in [-0.39, 0.29) is 0 Å². The van der Waals surface area contributed by atoms with Gasteiger partial charge in [-0.25, -0.2) is 4.98 Å². The number of benzene rings is 2. The quantitative estimate of drug-likeness (QED) is 0.745. The van der Waals surface area contributed by atoms with E-state index in [0.29, 0.717) is 23.8 Å². The molecule has 0 spiro atoms. The SMILES string of the molecule is COc1nc(-c2ccccc2)sc1COc1ccc(C(N)=O)cc1. The van der Waals surface area contributed by atoms with Crippen LogP contribution in [0.3, 0.4) is 0 Å². The summed E-state index contributed by atoms with van der Waals surface area (Å²) in [4.78, 5) is 16.5. The largest absolute Gasteiger partial charge is 0.488 e. The number of methoxy groups -OCH3 is 1. The predicted octanol–water partition coefficient (Wildman–Crippen LogP) is 3.50. The fourth-order valence-corrected chi connectivity index (χ4v) is 3.11. The monoisotopic (exact) mass is 340 g/mol. The summed E-state index contributed by atoms with van der Waals surface area (Å²) in [6.45, 7) is 0.337. The molecular weight excluding hydrogens is 324 g/mol. The molecule has 1 heterocycles. The number of ether oxygens (including phenoxy) is 2. The number of hydrogen-bond acceptors (Lipinski definition) is 5. The Balaban J connectivity index is 1.75. The Kier molecular flexibility index (Phi) is 4.77. The number of rotatable bonds is 6. The first-order chi connectivity index (χ1) is 11.7. The smallest absolute Gasteiger partial charge is 0.248 e. The number of thiazole rings is 1. The molecule has 0 atom stereocenters. The van der Waals surface area contributed by atoms with Crippen molar-refractivity contribution in [3.63, 3.8) is 0 Å². The molecule has 1 aromatic heterocycles. The van der Waals surface area contributed by atoms with E-state index in [0.717, 1.165) is 15.4 Å². The first kappa shape index (κ1) is 16.0. The summed E-state index contributed by atoms with van der Waals surface area (Å²) in [5.74, 6) is 0.752. The molecular formula is C18H16N2O3S. The summed E-state index contributed by atoms with van der Waals surface area (Å²) in [6, 6.07) is 16.6. The van der Waals surface area contributed by atoms with Crippen LogP contribution >= 0.6 is 11.3 Å². The van der Waals surface area contributed by atoms with E-state index < -0.39 is 5.91 Å². The normalized spacial score (nSPS) is 10.4. The van der Waals surface area contributed by atoms with Gasteiger partial charge >= 0.3 is 0 Å². The molecule has 0 aliphatic heterocycles. The lowest BCUT2D eigenvalue weighted by Gasteiger charge is -2.06. The van der Waals surface area contributed by atoms with Crippen LogP contribution in [0.2, 0.25) is 0 Å². The molecule has 0 fully saturated rings. The molecule has 6 heteroatoms. The zero-order chi connectivity index (χ0) is 16.9. The van der Waals surface area contributed by atoms with Gasteiger partial charge in [-0.05, 0) is 24.3 Å². The second kappa shape index (κ2) is 7.14. The maximum absolute atomic E-state index is 11.1. The summed E-state index contributed by atoms with van der Waals surface area (Å²) in [7, 11) is 1.59. The van der Waals surface area contributed by atoms with E-state index in [4.69, 9.17) is 15.2 Å². The maximum atomic E-state index is 11.1. The Morgan fingerprint density at radius 1 is 1.12 bits per heavy atom. The molecule has 0 bridgehead atoms. The van der Waals surface area contributed by atoms with Crippen LogP contribution < -0.4 is 15.2 Å².